The Balaban J connectivity index is 2.00. The van der Waals surface area contributed by atoms with Crippen LogP contribution in [0.3, 0.4) is 0 Å². The highest BCUT2D eigenvalue weighted by Crippen LogP contribution is 2.26. The van der Waals surface area contributed by atoms with Gasteiger partial charge in [0.25, 0.3) is 5.91 Å². The van der Waals surface area contributed by atoms with E-state index >= 15 is 0 Å². The first kappa shape index (κ1) is 14.9. The molecule has 0 saturated heterocycles. The summed E-state index contributed by atoms with van der Waals surface area (Å²) in [5.74, 6) is -0.266. The lowest BCUT2D eigenvalue weighted by molar-refractivity contribution is 0.102. The van der Waals surface area contributed by atoms with Gasteiger partial charge in [0, 0.05) is 11.2 Å². The zero-order valence-electron chi connectivity index (χ0n) is 12.0. The standard InChI is InChI=1S/C16H13Cl2N3O/c1-9-5-6-21-14(7-9)19-10(2)15(21)16(22)20-13-4-3-11(17)8-12(13)18/h3-8H,1-2H3,(H,20,22). The van der Waals surface area contributed by atoms with Crippen LogP contribution in [-0.4, -0.2) is 15.3 Å². The van der Waals surface area contributed by atoms with E-state index in [-0.39, 0.29) is 5.91 Å². The maximum Gasteiger partial charge on any atom is 0.274 e. The fraction of sp³-hybridized carbons (Fsp3) is 0.125. The van der Waals surface area contributed by atoms with E-state index in [1.807, 2.05) is 25.3 Å². The van der Waals surface area contributed by atoms with Crippen LogP contribution in [-0.2, 0) is 0 Å². The Labute approximate surface area is 137 Å². The number of carbonyl (C=O) groups is 1. The zero-order chi connectivity index (χ0) is 15.9. The van der Waals surface area contributed by atoms with E-state index in [0.29, 0.717) is 27.1 Å². The molecule has 0 aliphatic rings. The van der Waals surface area contributed by atoms with E-state index < -0.39 is 0 Å². The molecule has 0 atom stereocenters. The van der Waals surface area contributed by atoms with Gasteiger partial charge in [0.2, 0.25) is 0 Å². The third kappa shape index (κ3) is 2.67. The van der Waals surface area contributed by atoms with Crippen LogP contribution in [0.4, 0.5) is 5.69 Å². The molecule has 4 nitrogen and oxygen atoms in total. The number of anilines is 1. The molecule has 0 spiro atoms. The second-order valence-corrected chi connectivity index (χ2v) is 5.90. The largest absolute Gasteiger partial charge is 0.319 e. The summed E-state index contributed by atoms with van der Waals surface area (Å²) >= 11 is 12.0. The number of rotatable bonds is 2. The fourth-order valence-electron chi connectivity index (χ4n) is 2.31. The lowest BCUT2D eigenvalue weighted by Crippen LogP contribution is -2.15. The van der Waals surface area contributed by atoms with E-state index in [1.165, 1.54) is 0 Å². The highest BCUT2D eigenvalue weighted by Gasteiger charge is 2.17. The van der Waals surface area contributed by atoms with Crippen LogP contribution in [0, 0.1) is 13.8 Å². The molecule has 2 heterocycles. The highest BCUT2D eigenvalue weighted by atomic mass is 35.5. The normalized spacial score (nSPS) is 10.9. The Morgan fingerprint density at radius 2 is 1.95 bits per heavy atom. The molecule has 6 heteroatoms. The Hall–Kier alpha value is -2.04. The van der Waals surface area contributed by atoms with E-state index in [2.05, 4.69) is 10.3 Å². The van der Waals surface area contributed by atoms with Crippen molar-refractivity contribution in [1.29, 1.82) is 0 Å². The van der Waals surface area contributed by atoms with Crippen LogP contribution in [0.15, 0.2) is 36.5 Å². The molecule has 0 saturated carbocycles. The number of hydrogen-bond acceptors (Lipinski definition) is 2. The van der Waals surface area contributed by atoms with Crippen molar-refractivity contribution >= 4 is 40.4 Å². The van der Waals surface area contributed by atoms with E-state index in [4.69, 9.17) is 23.2 Å². The van der Waals surface area contributed by atoms with Crippen molar-refractivity contribution in [2.24, 2.45) is 0 Å². The summed E-state index contributed by atoms with van der Waals surface area (Å²) < 4.78 is 1.77. The number of aryl methyl sites for hydroxylation is 2. The molecule has 0 radical (unpaired) electrons. The summed E-state index contributed by atoms with van der Waals surface area (Å²) in [6, 6.07) is 8.79. The maximum atomic E-state index is 12.6. The van der Waals surface area contributed by atoms with E-state index in [0.717, 1.165) is 11.2 Å². The first-order chi connectivity index (χ1) is 10.5. The van der Waals surface area contributed by atoms with Crippen LogP contribution in [0.5, 0.6) is 0 Å². The van der Waals surface area contributed by atoms with Crippen molar-refractivity contribution < 1.29 is 4.79 Å². The molecule has 0 aliphatic heterocycles. The topological polar surface area (TPSA) is 46.4 Å². The number of halogens is 2. The fourth-order valence-corrected chi connectivity index (χ4v) is 2.77. The average molecular weight is 334 g/mol. The molecule has 3 aromatic rings. The van der Waals surface area contributed by atoms with Gasteiger partial charge in [-0.15, -0.1) is 0 Å². The lowest BCUT2D eigenvalue weighted by Gasteiger charge is -2.08. The quantitative estimate of drug-likeness (QED) is 0.749. The van der Waals surface area contributed by atoms with Crippen molar-refractivity contribution in [3.05, 3.63) is 63.5 Å². The lowest BCUT2D eigenvalue weighted by atomic mass is 10.2. The highest BCUT2D eigenvalue weighted by molar-refractivity contribution is 6.36. The van der Waals surface area contributed by atoms with Crippen molar-refractivity contribution in [3.63, 3.8) is 0 Å². The number of fused-ring (bicyclic) bond motifs is 1. The molecule has 0 bridgehead atoms. The minimum absolute atomic E-state index is 0.266. The molecule has 1 N–H and O–H groups in total. The number of carbonyl (C=O) groups excluding carboxylic acids is 1. The molecular formula is C16H13Cl2N3O. The Morgan fingerprint density at radius 3 is 2.68 bits per heavy atom. The molecule has 2 aromatic heterocycles. The summed E-state index contributed by atoms with van der Waals surface area (Å²) in [5, 5.41) is 3.71. The Bertz CT molecular complexity index is 886. The molecule has 22 heavy (non-hydrogen) atoms. The second-order valence-electron chi connectivity index (χ2n) is 5.06. The molecule has 1 aromatic carbocycles. The number of benzene rings is 1. The maximum absolute atomic E-state index is 12.6. The predicted molar refractivity (Wildman–Crippen MR) is 89.1 cm³/mol. The van der Waals surface area contributed by atoms with Gasteiger partial charge < -0.3 is 5.32 Å². The first-order valence-electron chi connectivity index (χ1n) is 6.67. The first-order valence-corrected chi connectivity index (χ1v) is 7.43. The smallest absolute Gasteiger partial charge is 0.274 e. The van der Waals surface area contributed by atoms with Gasteiger partial charge in [-0.2, -0.15) is 0 Å². The third-order valence-corrected chi connectivity index (χ3v) is 3.90. The molecule has 0 fully saturated rings. The number of aromatic nitrogens is 2. The Kier molecular flexibility index (Phi) is 3.81. The summed E-state index contributed by atoms with van der Waals surface area (Å²) in [5.41, 5.74) is 3.49. The number of hydrogen-bond donors (Lipinski definition) is 1. The minimum Gasteiger partial charge on any atom is -0.319 e. The van der Waals surface area contributed by atoms with Gasteiger partial charge in [-0.25, -0.2) is 4.98 Å². The molecule has 1 amide bonds. The number of nitrogens with one attached hydrogen (secondary N) is 1. The van der Waals surface area contributed by atoms with Gasteiger partial charge in [-0.1, -0.05) is 23.2 Å². The van der Waals surface area contributed by atoms with Crippen molar-refractivity contribution in [2.45, 2.75) is 13.8 Å². The third-order valence-electron chi connectivity index (χ3n) is 3.35. The SMILES string of the molecule is Cc1ccn2c(C(=O)Nc3ccc(Cl)cc3Cl)c(C)nc2c1. The molecule has 112 valence electrons. The van der Waals surface area contributed by atoms with Crippen LogP contribution in [0.1, 0.15) is 21.7 Å². The zero-order valence-corrected chi connectivity index (χ0v) is 13.5. The van der Waals surface area contributed by atoms with Crippen LogP contribution in [0.2, 0.25) is 10.0 Å². The van der Waals surface area contributed by atoms with Crippen molar-refractivity contribution in [2.75, 3.05) is 5.32 Å². The van der Waals surface area contributed by atoms with Gasteiger partial charge in [0.05, 0.1) is 16.4 Å². The van der Waals surface area contributed by atoms with Crippen molar-refractivity contribution in [3.8, 4) is 0 Å². The number of amides is 1. The summed E-state index contributed by atoms with van der Waals surface area (Å²) in [7, 11) is 0. The average Bonchev–Trinajstić information content (AvgIpc) is 2.76. The van der Waals surface area contributed by atoms with E-state index in [9.17, 15) is 4.79 Å². The molecule has 0 unspecified atom stereocenters. The predicted octanol–water partition coefficient (Wildman–Crippen LogP) is 4.51. The summed E-state index contributed by atoms with van der Waals surface area (Å²) in [6.07, 6.45) is 1.84. The van der Waals surface area contributed by atoms with E-state index in [1.54, 1.807) is 29.5 Å². The van der Waals surface area contributed by atoms with Crippen LogP contribution < -0.4 is 5.32 Å². The van der Waals surface area contributed by atoms with Gasteiger partial charge in [-0.3, -0.25) is 9.20 Å². The summed E-state index contributed by atoms with van der Waals surface area (Å²) in [6.45, 7) is 3.79. The number of imidazole rings is 1. The van der Waals surface area contributed by atoms with Crippen LogP contribution >= 0.6 is 23.2 Å². The molecule has 3 rings (SSSR count). The van der Waals surface area contributed by atoms with Gasteiger partial charge >= 0.3 is 0 Å². The van der Waals surface area contributed by atoms with Crippen LogP contribution in [0.25, 0.3) is 5.65 Å². The molecule has 0 aliphatic carbocycles. The number of nitrogens with zero attached hydrogens (tertiary/aromatic N) is 2. The van der Waals surface area contributed by atoms with Gasteiger partial charge in [0.1, 0.15) is 11.3 Å². The summed E-state index contributed by atoms with van der Waals surface area (Å²) in [4.78, 5) is 17.0. The minimum atomic E-state index is -0.266. The Morgan fingerprint density at radius 1 is 1.18 bits per heavy atom. The second kappa shape index (κ2) is 5.63. The van der Waals surface area contributed by atoms with Gasteiger partial charge in [-0.05, 0) is 49.7 Å². The van der Waals surface area contributed by atoms with Crippen molar-refractivity contribution in [1.82, 2.24) is 9.38 Å². The number of pyridine rings is 1. The monoisotopic (exact) mass is 333 g/mol. The molecular weight excluding hydrogens is 321 g/mol. The van der Waals surface area contributed by atoms with Gasteiger partial charge in [0.15, 0.2) is 0 Å².